The minimum atomic E-state index is -0.120. The maximum absolute atomic E-state index is 11.9. The molecule has 4 heteroatoms. The van der Waals surface area contributed by atoms with Crippen LogP contribution in [0.2, 0.25) is 0 Å². The molecule has 0 radical (unpaired) electrons. The normalized spacial score (nSPS) is 10.3. The summed E-state index contributed by atoms with van der Waals surface area (Å²) >= 11 is 1.66. The van der Waals surface area contributed by atoms with Crippen LogP contribution >= 0.6 is 11.3 Å². The maximum Gasteiger partial charge on any atom is 0.251 e. The van der Waals surface area contributed by atoms with Crippen LogP contribution in [0.4, 0.5) is 0 Å². The molecule has 1 aromatic heterocycles. The molecule has 0 aliphatic rings. The van der Waals surface area contributed by atoms with Crippen LogP contribution in [0.15, 0.2) is 35.7 Å². The van der Waals surface area contributed by atoms with Crippen molar-refractivity contribution in [1.29, 1.82) is 0 Å². The second-order valence-corrected chi connectivity index (χ2v) is 4.95. The van der Waals surface area contributed by atoms with Gasteiger partial charge in [-0.2, -0.15) is 0 Å². The Labute approximate surface area is 110 Å². The fourth-order valence-electron chi connectivity index (χ4n) is 1.71. The van der Waals surface area contributed by atoms with Crippen molar-refractivity contribution in [2.75, 3.05) is 0 Å². The van der Waals surface area contributed by atoms with Crippen LogP contribution in [0.5, 0.6) is 5.75 Å². The van der Waals surface area contributed by atoms with Crippen molar-refractivity contribution >= 4 is 17.2 Å². The number of phenols is 1. The fraction of sp³-hybridized carbons (Fsp3) is 0.214. The summed E-state index contributed by atoms with van der Waals surface area (Å²) in [5.74, 6) is 0.0449. The molecule has 3 nitrogen and oxygen atoms in total. The number of aryl methyl sites for hydroxylation is 1. The molecule has 94 valence electrons. The van der Waals surface area contributed by atoms with E-state index < -0.39 is 0 Å². The first-order valence-corrected chi connectivity index (χ1v) is 6.71. The van der Waals surface area contributed by atoms with Crippen LogP contribution in [0, 0.1) is 0 Å². The quantitative estimate of drug-likeness (QED) is 0.889. The molecule has 18 heavy (non-hydrogen) atoms. The highest BCUT2D eigenvalue weighted by Crippen LogP contribution is 2.17. The zero-order valence-electron chi connectivity index (χ0n) is 10.1. The minimum absolute atomic E-state index is 0.120. The number of thiophene rings is 1. The van der Waals surface area contributed by atoms with Crippen molar-refractivity contribution in [3.05, 3.63) is 51.7 Å². The molecule has 0 saturated carbocycles. The van der Waals surface area contributed by atoms with Gasteiger partial charge in [0.15, 0.2) is 0 Å². The van der Waals surface area contributed by atoms with Gasteiger partial charge in [0, 0.05) is 10.4 Å². The van der Waals surface area contributed by atoms with E-state index in [1.807, 2.05) is 5.38 Å². The molecule has 0 bridgehead atoms. The molecule has 0 spiro atoms. The molecular weight excluding hydrogens is 246 g/mol. The second-order valence-electron chi connectivity index (χ2n) is 3.95. The summed E-state index contributed by atoms with van der Waals surface area (Å²) < 4.78 is 0. The third-order valence-electron chi connectivity index (χ3n) is 2.76. The van der Waals surface area contributed by atoms with E-state index >= 15 is 0 Å². The SMILES string of the molecule is CCc1ccsc1CNC(=O)c1ccc(O)cc1. The van der Waals surface area contributed by atoms with Crippen LogP contribution in [-0.4, -0.2) is 11.0 Å². The van der Waals surface area contributed by atoms with E-state index in [4.69, 9.17) is 5.11 Å². The highest BCUT2D eigenvalue weighted by Gasteiger charge is 2.07. The van der Waals surface area contributed by atoms with Crippen molar-refractivity contribution in [2.24, 2.45) is 0 Å². The van der Waals surface area contributed by atoms with Crippen LogP contribution in [0.3, 0.4) is 0 Å². The lowest BCUT2D eigenvalue weighted by Gasteiger charge is -2.05. The van der Waals surface area contributed by atoms with Crippen molar-refractivity contribution in [1.82, 2.24) is 5.32 Å². The number of nitrogens with one attached hydrogen (secondary N) is 1. The molecule has 2 rings (SSSR count). The summed E-state index contributed by atoms with van der Waals surface area (Å²) in [6, 6.07) is 8.33. The molecule has 1 heterocycles. The number of carbonyl (C=O) groups excluding carboxylic acids is 1. The Morgan fingerprint density at radius 2 is 2.00 bits per heavy atom. The van der Waals surface area contributed by atoms with Gasteiger partial charge in [0.2, 0.25) is 0 Å². The van der Waals surface area contributed by atoms with Crippen LogP contribution in [0.25, 0.3) is 0 Å². The Balaban J connectivity index is 1.98. The number of amides is 1. The maximum atomic E-state index is 11.9. The number of hydrogen-bond acceptors (Lipinski definition) is 3. The van der Waals surface area contributed by atoms with Gasteiger partial charge in [0.25, 0.3) is 5.91 Å². The third kappa shape index (κ3) is 2.90. The molecule has 0 saturated heterocycles. The largest absolute Gasteiger partial charge is 0.508 e. The Kier molecular flexibility index (Phi) is 3.99. The minimum Gasteiger partial charge on any atom is -0.508 e. The van der Waals surface area contributed by atoms with Gasteiger partial charge in [-0.05, 0) is 47.7 Å². The van der Waals surface area contributed by atoms with E-state index in [9.17, 15) is 4.79 Å². The number of carbonyl (C=O) groups is 1. The highest BCUT2D eigenvalue weighted by molar-refractivity contribution is 7.10. The summed E-state index contributed by atoms with van der Waals surface area (Å²) in [6.45, 7) is 2.66. The summed E-state index contributed by atoms with van der Waals surface area (Å²) in [5.41, 5.74) is 1.84. The van der Waals surface area contributed by atoms with Gasteiger partial charge < -0.3 is 10.4 Å². The molecule has 0 aliphatic heterocycles. The van der Waals surface area contributed by atoms with Gasteiger partial charge in [0.1, 0.15) is 5.75 Å². The van der Waals surface area contributed by atoms with Gasteiger partial charge in [0.05, 0.1) is 6.54 Å². The molecule has 2 N–H and O–H groups in total. The number of benzene rings is 1. The fourth-order valence-corrected chi connectivity index (χ4v) is 2.63. The number of phenolic OH excluding ortho intramolecular Hbond substituents is 1. The van der Waals surface area contributed by atoms with Gasteiger partial charge in [-0.25, -0.2) is 0 Å². The Morgan fingerprint density at radius 1 is 1.28 bits per heavy atom. The van der Waals surface area contributed by atoms with E-state index in [0.29, 0.717) is 12.1 Å². The van der Waals surface area contributed by atoms with Gasteiger partial charge in [-0.15, -0.1) is 11.3 Å². The van der Waals surface area contributed by atoms with Crippen LogP contribution in [0.1, 0.15) is 27.7 Å². The van der Waals surface area contributed by atoms with Crippen molar-refractivity contribution < 1.29 is 9.90 Å². The summed E-state index contributed by atoms with van der Waals surface area (Å²) in [7, 11) is 0. The van der Waals surface area contributed by atoms with Crippen molar-refractivity contribution in [3.63, 3.8) is 0 Å². The van der Waals surface area contributed by atoms with E-state index in [2.05, 4.69) is 18.3 Å². The summed E-state index contributed by atoms with van der Waals surface area (Å²) in [6.07, 6.45) is 0.980. The lowest BCUT2D eigenvalue weighted by atomic mass is 10.2. The smallest absolute Gasteiger partial charge is 0.251 e. The van der Waals surface area contributed by atoms with Crippen LogP contribution < -0.4 is 5.32 Å². The van der Waals surface area contributed by atoms with E-state index in [0.717, 1.165) is 6.42 Å². The number of rotatable bonds is 4. The first-order valence-electron chi connectivity index (χ1n) is 5.83. The number of hydrogen-bond donors (Lipinski definition) is 2. The lowest BCUT2D eigenvalue weighted by molar-refractivity contribution is 0.0951. The molecular formula is C14H15NO2S. The van der Waals surface area contributed by atoms with Crippen molar-refractivity contribution in [2.45, 2.75) is 19.9 Å². The number of aromatic hydroxyl groups is 1. The van der Waals surface area contributed by atoms with E-state index in [-0.39, 0.29) is 11.7 Å². The molecule has 0 aliphatic carbocycles. The first-order chi connectivity index (χ1) is 8.70. The Bertz CT molecular complexity index is 531. The Morgan fingerprint density at radius 3 is 2.67 bits per heavy atom. The van der Waals surface area contributed by atoms with Gasteiger partial charge in [-0.3, -0.25) is 4.79 Å². The molecule has 0 unspecified atom stereocenters. The highest BCUT2D eigenvalue weighted by atomic mass is 32.1. The second kappa shape index (κ2) is 5.69. The van der Waals surface area contributed by atoms with E-state index in [1.54, 1.807) is 23.5 Å². The van der Waals surface area contributed by atoms with Crippen LogP contribution in [-0.2, 0) is 13.0 Å². The first kappa shape index (κ1) is 12.6. The molecule has 0 atom stereocenters. The summed E-state index contributed by atoms with van der Waals surface area (Å²) in [4.78, 5) is 13.1. The molecule has 1 amide bonds. The van der Waals surface area contributed by atoms with Gasteiger partial charge in [-0.1, -0.05) is 6.92 Å². The van der Waals surface area contributed by atoms with Crippen molar-refractivity contribution in [3.8, 4) is 5.75 Å². The predicted molar refractivity (Wildman–Crippen MR) is 73.0 cm³/mol. The molecule has 0 fully saturated rings. The monoisotopic (exact) mass is 261 g/mol. The topological polar surface area (TPSA) is 49.3 Å². The zero-order chi connectivity index (χ0) is 13.0. The van der Waals surface area contributed by atoms with E-state index in [1.165, 1.54) is 22.6 Å². The molecule has 2 aromatic rings. The van der Waals surface area contributed by atoms with Gasteiger partial charge >= 0.3 is 0 Å². The predicted octanol–water partition coefficient (Wildman–Crippen LogP) is 2.95. The average Bonchev–Trinajstić information content (AvgIpc) is 2.84. The molecule has 1 aromatic carbocycles. The average molecular weight is 261 g/mol. The summed E-state index contributed by atoms with van der Waals surface area (Å²) in [5, 5.41) is 14.1. The lowest BCUT2D eigenvalue weighted by Crippen LogP contribution is -2.22. The zero-order valence-corrected chi connectivity index (χ0v) is 11.0. The Hall–Kier alpha value is -1.81. The standard InChI is InChI=1S/C14H15NO2S/c1-2-10-7-8-18-13(10)9-15-14(17)11-3-5-12(16)6-4-11/h3-8,16H,2,9H2,1H3,(H,15,17). The third-order valence-corrected chi connectivity index (χ3v) is 3.72.